The van der Waals surface area contributed by atoms with E-state index in [4.69, 9.17) is 20.8 Å². The van der Waals surface area contributed by atoms with Gasteiger partial charge in [-0.05, 0) is 37.5 Å². The maximum Gasteiger partial charge on any atom is 0.312 e. The topological polar surface area (TPSA) is 62.1 Å². The van der Waals surface area contributed by atoms with Crippen LogP contribution in [0, 0.1) is 5.41 Å². The summed E-state index contributed by atoms with van der Waals surface area (Å²) in [7, 11) is 0. The molecule has 0 aliphatic carbocycles. The van der Waals surface area contributed by atoms with Gasteiger partial charge in [0.1, 0.15) is 12.4 Å². The van der Waals surface area contributed by atoms with Crippen LogP contribution >= 0.6 is 11.6 Å². The third-order valence-corrected chi connectivity index (χ3v) is 7.28. The van der Waals surface area contributed by atoms with Crippen LogP contribution in [0.5, 0.6) is 0 Å². The Labute approximate surface area is 187 Å². The van der Waals surface area contributed by atoms with Crippen LogP contribution in [0.25, 0.3) is 0 Å². The summed E-state index contributed by atoms with van der Waals surface area (Å²) in [6.07, 6.45) is 6.66. The fourth-order valence-electron chi connectivity index (χ4n) is 5.13. The molecule has 0 amide bonds. The maximum absolute atomic E-state index is 12.7. The first-order valence-corrected chi connectivity index (χ1v) is 11.6. The second kappa shape index (κ2) is 8.71. The summed E-state index contributed by atoms with van der Waals surface area (Å²) in [4.78, 5) is 23.9. The number of rotatable bonds is 5. The molecule has 2 aromatic rings. The van der Waals surface area contributed by atoms with Crippen molar-refractivity contribution in [2.24, 2.45) is 5.41 Å². The summed E-state index contributed by atoms with van der Waals surface area (Å²) in [6.45, 7) is 6.56. The van der Waals surface area contributed by atoms with Gasteiger partial charge in [-0.1, -0.05) is 17.7 Å². The number of nitrogens with zero attached hydrogens (tertiary/aromatic N) is 4. The van der Waals surface area contributed by atoms with Crippen molar-refractivity contribution in [3.05, 3.63) is 41.7 Å². The molecule has 0 radical (unpaired) electrons. The number of hydrogen-bond donors (Lipinski definition) is 0. The van der Waals surface area contributed by atoms with Crippen LogP contribution in [0.4, 0.5) is 11.7 Å². The summed E-state index contributed by atoms with van der Waals surface area (Å²) < 4.78 is 11.2. The van der Waals surface area contributed by atoms with Gasteiger partial charge in [0.05, 0.1) is 11.6 Å². The highest BCUT2D eigenvalue weighted by molar-refractivity contribution is 6.30. The molecule has 3 aliphatic rings. The summed E-state index contributed by atoms with van der Waals surface area (Å²) in [5, 5.41) is 0.781. The lowest BCUT2D eigenvalue weighted by atomic mass is 9.76. The van der Waals surface area contributed by atoms with Crippen molar-refractivity contribution in [2.45, 2.75) is 31.8 Å². The van der Waals surface area contributed by atoms with Crippen LogP contribution in [0.1, 0.15) is 25.7 Å². The second-order valence-corrected chi connectivity index (χ2v) is 9.35. The van der Waals surface area contributed by atoms with Crippen LogP contribution in [-0.4, -0.2) is 67.8 Å². The molecule has 8 heteroatoms. The van der Waals surface area contributed by atoms with Gasteiger partial charge in [0.2, 0.25) is 0 Å². The number of piperidine rings is 1. The first kappa shape index (κ1) is 20.6. The van der Waals surface area contributed by atoms with E-state index in [1.54, 1.807) is 12.5 Å². The van der Waals surface area contributed by atoms with E-state index in [-0.39, 0.29) is 17.5 Å². The molecule has 0 bridgehead atoms. The predicted molar refractivity (Wildman–Crippen MR) is 120 cm³/mol. The molecular weight excluding hydrogens is 416 g/mol. The Kier molecular flexibility index (Phi) is 5.80. The lowest BCUT2D eigenvalue weighted by Crippen LogP contribution is -2.47. The first-order valence-electron chi connectivity index (χ1n) is 11.2. The maximum atomic E-state index is 12.7. The van der Waals surface area contributed by atoms with E-state index >= 15 is 0 Å². The minimum Gasteiger partial charge on any atom is -0.462 e. The monoisotopic (exact) mass is 444 g/mol. The molecule has 1 spiro atoms. The first-order chi connectivity index (χ1) is 15.1. The van der Waals surface area contributed by atoms with Crippen LogP contribution in [0.3, 0.4) is 0 Å². The Morgan fingerprint density at radius 2 is 1.90 bits per heavy atom. The van der Waals surface area contributed by atoms with E-state index in [9.17, 15) is 4.79 Å². The van der Waals surface area contributed by atoms with Gasteiger partial charge in [-0.25, -0.2) is 4.98 Å². The molecule has 4 heterocycles. The van der Waals surface area contributed by atoms with E-state index in [2.05, 4.69) is 25.8 Å². The number of esters is 1. The van der Waals surface area contributed by atoms with Crippen molar-refractivity contribution in [2.75, 3.05) is 55.6 Å². The Morgan fingerprint density at radius 3 is 2.61 bits per heavy atom. The van der Waals surface area contributed by atoms with Gasteiger partial charge in [0, 0.05) is 62.9 Å². The van der Waals surface area contributed by atoms with E-state index in [0.29, 0.717) is 6.01 Å². The second-order valence-electron chi connectivity index (χ2n) is 8.91. The Balaban J connectivity index is 1.08. The number of carbonyl (C=O) groups is 1. The molecule has 31 heavy (non-hydrogen) atoms. The average Bonchev–Trinajstić information content (AvgIpc) is 3.42. The van der Waals surface area contributed by atoms with Gasteiger partial charge in [-0.3, -0.25) is 9.69 Å². The number of oxazole rings is 1. The number of piperazine rings is 1. The third kappa shape index (κ3) is 4.39. The molecule has 1 atom stereocenters. The van der Waals surface area contributed by atoms with Crippen molar-refractivity contribution >= 4 is 29.3 Å². The van der Waals surface area contributed by atoms with Gasteiger partial charge < -0.3 is 19.0 Å². The minimum atomic E-state index is -0.320. The molecule has 166 valence electrons. The summed E-state index contributed by atoms with van der Waals surface area (Å²) >= 11 is 6.13. The molecule has 3 aliphatic heterocycles. The molecule has 1 aromatic heterocycles. The number of benzene rings is 1. The number of ether oxygens (including phenoxy) is 1. The number of hydrogen-bond acceptors (Lipinski definition) is 7. The van der Waals surface area contributed by atoms with Gasteiger partial charge in [0.15, 0.2) is 0 Å². The van der Waals surface area contributed by atoms with E-state index < -0.39 is 0 Å². The molecule has 3 fully saturated rings. The van der Waals surface area contributed by atoms with Crippen molar-refractivity contribution in [3.8, 4) is 0 Å². The van der Waals surface area contributed by atoms with Crippen molar-refractivity contribution in [3.63, 3.8) is 0 Å². The zero-order valence-corrected chi connectivity index (χ0v) is 18.5. The predicted octanol–water partition coefficient (Wildman–Crippen LogP) is 3.44. The number of anilines is 2. The molecule has 0 saturated carbocycles. The Bertz CT molecular complexity index is 890. The number of halogens is 1. The summed E-state index contributed by atoms with van der Waals surface area (Å²) in [5.41, 5.74) is 0.869. The highest BCUT2D eigenvalue weighted by Gasteiger charge is 2.50. The molecular formula is C23H29ClN4O3. The molecule has 0 N–H and O–H groups in total. The highest BCUT2D eigenvalue weighted by atomic mass is 35.5. The van der Waals surface area contributed by atoms with Gasteiger partial charge in [-0.2, -0.15) is 0 Å². The minimum absolute atomic E-state index is 0.00432. The standard InChI is InChI=1S/C23H29ClN4O3/c24-18-2-1-3-19(16-18)27-13-11-26(12-14-27)8-4-20-17-23(21(29)31-20)5-9-28(10-6-23)22-25-7-15-30-22/h1-3,7,15-16,20H,4-6,8-14,17H2/t20-/m0/s1. The van der Waals surface area contributed by atoms with Crippen LogP contribution in [-0.2, 0) is 9.53 Å². The fourth-order valence-corrected chi connectivity index (χ4v) is 5.32. The largest absolute Gasteiger partial charge is 0.462 e. The van der Waals surface area contributed by atoms with Crippen molar-refractivity contribution in [1.82, 2.24) is 9.88 Å². The summed E-state index contributed by atoms with van der Waals surface area (Å²) in [6, 6.07) is 8.71. The normalized spacial score (nSPS) is 24.0. The van der Waals surface area contributed by atoms with Gasteiger partial charge >= 0.3 is 5.97 Å². The zero-order chi connectivity index (χ0) is 21.3. The van der Waals surface area contributed by atoms with E-state index in [1.807, 2.05) is 18.2 Å². The Hall–Kier alpha value is -2.25. The lowest BCUT2D eigenvalue weighted by molar-refractivity contribution is -0.149. The smallest absolute Gasteiger partial charge is 0.312 e. The summed E-state index contributed by atoms with van der Waals surface area (Å²) in [5.74, 6) is -0.00432. The highest BCUT2D eigenvalue weighted by Crippen LogP contribution is 2.44. The van der Waals surface area contributed by atoms with Gasteiger partial charge in [-0.15, -0.1) is 0 Å². The molecule has 7 nitrogen and oxygen atoms in total. The Morgan fingerprint density at radius 1 is 1.10 bits per heavy atom. The quantitative estimate of drug-likeness (QED) is 0.654. The molecule has 1 aromatic carbocycles. The SMILES string of the molecule is O=C1O[C@@H](CCN2CCN(c3cccc(Cl)c3)CC2)CC12CCN(c1ncco1)CC2. The van der Waals surface area contributed by atoms with Crippen LogP contribution < -0.4 is 9.80 Å². The van der Waals surface area contributed by atoms with Gasteiger partial charge in [0.25, 0.3) is 6.01 Å². The third-order valence-electron chi connectivity index (χ3n) is 7.05. The number of cyclic esters (lactones) is 1. The average molecular weight is 445 g/mol. The van der Waals surface area contributed by atoms with E-state index in [1.165, 1.54) is 5.69 Å². The number of carbonyl (C=O) groups excluding carboxylic acids is 1. The van der Waals surface area contributed by atoms with Crippen molar-refractivity contribution in [1.29, 1.82) is 0 Å². The van der Waals surface area contributed by atoms with Crippen LogP contribution in [0.15, 0.2) is 41.1 Å². The molecule has 3 saturated heterocycles. The number of aromatic nitrogens is 1. The van der Waals surface area contributed by atoms with Crippen molar-refractivity contribution < 1.29 is 13.9 Å². The van der Waals surface area contributed by atoms with Crippen LogP contribution in [0.2, 0.25) is 5.02 Å². The van der Waals surface area contributed by atoms with E-state index in [0.717, 1.165) is 76.5 Å². The molecule has 0 unspecified atom stereocenters. The molecule has 5 rings (SSSR count). The lowest BCUT2D eigenvalue weighted by Gasteiger charge is -2.36. The zero-order valence-electron chi connectivity index (χ0n) is 17.7. The fraction of sp³-hybridized carbons (Fsp3) is 0.565.